The fraction of sp³-hybridized carbons (Fsp3) is 0.565. The van der Waals surface area contributed by atoms with Crippen molar-refractivity contribution in [2.75, 3.05) is 19.6 Å². The average molecular weight is 381 g/mol. The highest BCUT2D eigenvalue weighted by Crippen LogP contribution is 2.29. The molecule has 2 aliphatic rings. The molecule has 1 aromatic heterocycles. The number of carbonyl (C=O) groups is 1. The van der Waals surface area contributed by atoms with Crippen LogP contribution in [0.4, 0.5) is 0 Å². The van der Waals surface area contributed by atoms with Crippen LogP contribution in [-0.2, 0) is 19.3 Å². The van der Waals surface area contributed by atoms with Crippen molar-refractivity contribution in [1.82, 2.24) is 20.0 Å². The zero-order valence-electron chi connectivity index (χ0n) is 17.2. The fourth-order valence-electron chi connectivity index (χ4n) is 4.64. The summed E-state index contributed by atoms with van der Waals surface area (Å²) < 4.78 is 2.03. The first-order valence-electron chi connectivity index (χ1n) is 10.9. The number of nitrogens with zero attached hydrogens (tertiary/aromatic N) is 3. The van der Waals surface area contributed by atoms with Crippen molar-refractivity contribution in [3.63, 3.8) is 0 Å². The predicted molar refractivity (Wildman–Crippen MR) is 112 cm³/mol. The van der Waals surface area contributed by atoms with Crippen LogP contribution in [-0.4, -0.2) is 46.3 Å². The third-order valence-electron chi connectivity index (χ3n) is 6.20. The Morgan fingerprint density at radius 3 is 2.61 bits per heavy atom. The molecule has 150 valence electrons. The summed E-state index contributed by atoms with van der Waals surface area (Å²) in [5.74, 6) is 0.135. The number of amides is 1. The molecule has 1 saturated heterocycles. The number of aryl methyl sites for hydroxylation is 1. The van der Waals surface area contributed by atoms with Crippen LogP contribution in [0.5, 0.6) is 0 Å². The van der Waals surface area contributed by atoms with Gasteiger partial charge < -0.3 is 10.2 Å². The van der Waals surface area contributed by atoms with Gasteiger partial charge in [0.1, 0.15) is 0 Å². The van der Waals surface area contributed by atoms with E-state index in [1.54, 1.807) is 0 Å². The van der Waals surface area contributed by atoms with Gasteiger partial charge in [0.15, 0.2) is 5.69 Å². The SMILES string of the molecule is CCCN(C(=O)c1nn(-c2ccc(CC)cc2)c2c1CCC2)C1CCNCC1. The molecule has 0 spiro atoms. The van der Waals surface area contributed by atoms with E-state index >= 15 is 0 Å². The molecular weight excluding hydrogens is 348 g/mol. The van der Waals surface area contributed by atoms with E-state index in [0.717, 1.165) is 70.3 Å². The Hall–Kier alpha value is -2.14. The molecule has 0 radical (unpaired) electrons. The van der Waals surface area contributed by atoms with Gasteiger partial charge >= 0.3 is 0 Å². The maximum Gasteiger partial charge on any atom is 0.274 e. The largest absolute Gasteiger partial charge is 0.334 e. The molecule has 1 amide bonds. The van der Waals surface area contributed by atoms with Gasteiger partial charge in [-0.1, -0.05) is 26.0 Å². The lowest BCUT2D eigenvalue weighted by atomic mass is 10.0. The normalized spacial score (nSPS) is 16.9. The number of aromatic nitrogens is 2. The zero-order valence-corrected chi connectivity index (χ0v) is 17.2. The van der Waals surface area contributed by atoms with Gasteiger partial charge in [-0.2, -0.15) is 5.10 Å². The Balaban J connectivity index is 1.67. The summed E-state index contributed by atoms with van der Waals surface area (Å²) in [5.41, 5.74) is 5.50. The topological polar surface area (TPSA) is 50.2 Å². The Kier molecular flexibility index (Phi) is 5.81. The number of benzene rings is 1. The Morgan fingerprint density at radius 2 is 1.93 bits per heavy atom. The first kappa shape index (κ1) is 19.2. The zero-order chi connectivity index (χ0) is 19.5. The Bertz CT molecular complexity index is 818. The second-order valence-corrected chi connectivity index (χ2v) is 8.04. The summed E-state index contributed by atoms with van der Waals surface area (Å²) in [7, 11) is 0. The van der Waals surface area contributed by atoms with Gasteiger partial charge in [-0.15, -0.1) is 0 Å². The third kappa shape index (κ3) is 3.60. The van der Waals surface area contributed by atoms with Crippen molar-refractivity contribution in [3.8, 4) is 5.69 Å². The van der Waals surface area contributed by atoms with E-state index < -0.39 is 0 Å². The number of fused-ring (bicyclic) bond motifs is 1. The minimum Gasteiger partial charge on any atom is -0.334 e. The monoisotopic (exact) mass is 380 g/mol. The van der Waals surface area contributed by atoms with Crippen LogP contribution >= 0.6 is 0 Å². The smallest absolute Gasteiger partial charge is 0.274 e. The molecule has 0 unspecified atom stereocenters. The summed E-state index contributed by atoms with van der Waals surface area (Å²) in [4.78, 5) is 15.7. The van der Waals surface area contributed by atoms with Gasteiger partial charge in [-0.05, 0) is 75.7 Å². The summed E-state index contributed by atoms with van der Waals surface area (Å²) in [5, 5.41) is 8.27. The standard InChI is InChI=1S/C23H32N4O/c1-3-16-26(18-12-14-24-15-13-18)23(28)22-20-6-5-7-21(20)27(25-22)19-10-8-17(4-2)9-11-19/h8-11,18,24H,3-7,12-16H2,1-2H3. The molecule has 5 nitrogen and oxygen atoms in total. The molecule has 2 aromatic rings. The van der Waals surface area contributed by atoms with Gasteiger partial charge in [0.05, 0.1) is 5.69 Å². The Morgan fingerprint density at radius 1 is 1.18 bits per heavy atom. The van der Waals surface area contributed by atoms with E-state index in [-0.39, 0.29) is 5.91 Å². The fourth-order valence-corrected chi connectivity index (χ4v) is 4.64. The molecule has 2 heterocycles. The number of carbonyl (C=O) groups excluding carboxylic acids is 1. The van der Waals surface area contributed by atoms with E-state index in [1.807, 2.05) is 4.68 Å². The highest BCUT2D eigenvalue weighted by atomic mass is 16.2. The van der Waals surface area contributed by atoms with Gasteiger partial charge in [0, 0.05) is 23.8 Å². The molecule has 1 aromatic carbocycles. The molecule has 0 bridgehead atoms. The van der Waals surface area contributed by atoms with Crippen molar-refractivity contribution in [1.29, 1.82) is 0 Å². The van der Waals surface area contributed by atoms with Gasteiger partial charge in [-0.25, -0.2) is 4.68 Å². The van der Waals surface area contributed by atoms with Crippen LogP contribution in [0.2, 0.25) is 0 Å². The maximum atomic E-state index is 13.6. The lowest BCUT2D eigenvalue weighted by Crippen LogP contribution is -2.46. The van der Waals surface area contributed by atoms with Crippen LogP contribution in [0.3, 0.4) is 0 Å². The van der Waals surface area contributed by atoms with Crippen molar-refractivity contribution < 1.29 is 4.79 Å². The predicted octanol–water partition coefficient (Wildman–Crippen LogP) is 3.53. The molecule has 1 aliphatic heterocycles. The van der Waals surface area contributed by atoms with Crippen LogP contribution in [0.15, 0.2) is 24.3 Å². The highest BCUT2D eigenvalue weighted by Gasteiger charge is 2.32. The van der Waals surface area contributed by atoms with Crippen molar-refractivity contribution in [3.05, 3.63) is 46.8 Å². The van der Waals surface area contributed by atoms with Gasteiger partial charge in [-0.3, -0.25) is 4.79 Å². The summed E-state index contributed by atoms with van der Waals surface area (Å²) in [6, 6.07) is 8.93. The first-order valence-corrected chi connectivity index (χ1v) is 10.9. The van der Waals surface area contributed by atoms with Gasteiger partial charge in [0.25, 0.3) is 5.91 Å². The summed E-state index contributed by atoms with van der Waals surface area (Å²) >= 11 is 0. The number of hydrogen-bond acceptors (Lipinski definition) is 3. The third-order valence-corrected chi connectivity index (χ3v) is 6.20. The van der Waals surface area contributed by atoms with E-state index in [0.29, 0.717) is 11.7 Å². The minimum atomic E-state index is 0.135. The number of hydrogen-bond donors (Lipinski definition) is 1. The van der Waals surface area contributed by atoms with Crippen LogP contribution in [0.1, 0.15) is 66.8 Å². The maximum absolute atomic E-state index is 13.6. The first-order chi connectivity index (χ1) is 13.7. The molecule has 0 atom stereocenters. The second-order valence-electron chi connectivity index (χ2n) is 8.04. The molecule has 1 N–H and O–H groups in total. The van der Waals surface area contributed by atoms with Crippen LogP contribution in [0, 0.1) is 0 Å². The minimum absolute atomic E-state index is 0.135. The van der Waals surface area contributed by atoms with Crippen molar-refractivity contribution in [2.45, 2.75) is 64.8 Å². The molecular formula is C23H32N4O. The number of nitrogens with one attached hydrogen (secondary N) is 1. The molecule has 0 saturated carbocycles. The lowest BCUT2D eigenvalue weighted by Gasteiger charge is -2.34. The van der Waals surface area contributed by atoms with Crippen LogP contribution in [0.25, 0.3) is 5.69 Å². The van der Waals surface area contributed by atoms with Crippen molar-refractivity contribution in [2.24, 2.45) is 0 Å². The average Bonchev–Trinajstić information content (AvgIpc) is 3.35. The van der Waals surface area contributed by atoms with E-state index in [4.69, 9.17) is 5.10 Å². The van der Waals surface area contributed by atoms with E-state index in [1.165, 1.54) is 16.8 Å². The van der Waals surface area contributed by atoms with Crippen LogP contribution < -0.4 is 5.32 Å². The van der Waals surface area contributed by atoms with Gasteiger partial charge in [0.2, 0.25) is 0 Å². The molecule has 5 heteroatoms. The Labute approximate surface area is 168 Å². The number of piperidine rings is 1. The van der Waals surface area contributed by atoms with E-state index in [9.17, 15) is 4.79 Å². The summed E-state index contributed by atoms with van der Waals surface area (Å²) in [6.07, 6.45) is 7.17. The molecule has 4 rings (SSSR count). The summed E-state index contributed by atoms with van der Waals surface area (Å²) in [6.45, 7) is 7.12. The van der Waals surface area contributed by atoms with E-state index in [2.05, 4.69) is 48.3 Å². The second kappa shape index (κ2) is 8.48. The molecule has 1 fully saturated rings. The molecule has 1 aliphatic carbocycles. The quantitative estimate of drug-likeness (QED) is 0.834. The van der Waals surface area contributed by atoms with Crippen molar-refractivity contribution >= 4 is 5.91 Å². The molecule has 28 heavy (non-hydrogen) atoms. The number of rotatable bonds is 6. The highest BCUT2D eigenvalue weighted by molar-refractivity contribution is 5.94. The lowest BCUT2D eigenvalue weighted by molar-refractivity contribution is 0.0635.